The molecule has 1 rings (SSSR count). The summed E-state index contributed by atoms with van der Waals surface area (Å²) in [5.41, 5.74) is 0.999. The standard InChI is InChI=1S/C11H16N2O/c1-4-11(14)13-10-7-5-6-9(12-10)8(2)3/h5-8H,4H2,1-3H3,(H,12,13,14). The molecule has 1 amide bonds. The molecule has 0 saturated carbocycles. The molecule has 1 heterocycles. The number of anilines is 1. The zero-order chi connectivity index (χ0) is 10.6. The molecule has 3 heteroatoms. The van der Waals surface area contributed by atoms with E-state index in [-0.39, 0.29) is 5.91 Å². The van der Waals surface area contributed by atoms with Crippen LogP contribution in [0.2, 0.25) is 0 Å². The highest BCUT2D eigenvalue weighted by atomic mass is 16.1. The Labute approximate surface area is 84.6 Å². The van der Waals surface area contributed by atoms with Crippen molar-refractivity contribution in [2.45, 2.75) is 33.1 Å². The van der Waals surface area contributed by atoms with Crippen LogP contribution in [0.1, 0.15) is 38.8 Å². The van der Waals surface area contributed by atoms with E-state index in [9.17, 15) is 4.79 Å². The third-order valence-corrected chi connectivity index (χ3v) is 1.95. The van der Waals surface area contributed by atoms with Gasteiger partial charge in [-0.1, -0.05) is 26.8 Å². The normalized spacial score (nSPS) is 10.3. The average Bonchev–Trinajstić information content (AvgIpc) is 2.18. The average molecular weight is 192 g/mol. The first-order valence-corrected chi connectivity index (χ1v) is 4.90. The summed E-state index contributed by atoms with van der Waals surface area (Å²) in [7, 11) is 0. The Bertz CT molecular complexity index is 321. The van der Waals surface area contributed by atoms with Crippen molar-refractivity contribution in [1.29, 1.82) is 0 Å². The molecule has 0 saturated heterocycles. The Morgan fingerprint density at radius 1 is 1.50 bits per heavy atom. The minimum atomic E-state index is -0.00148. The molecular weight excluding hydrogens is 176 g/mol. The van der Waals surface area contributed by atoms with Crippen LogP contribution in [0, 0.1) is 0 Å². The van der Waals surface area contributed by atoms with Crippen LogP contribution < -0.4 is 5.32 Å². The number of hydrogen-bond acceptors (Lipinski definition) is 2. The first-order chi connectivity index (χ1) is 6.63. The summed E-state index contributed by atoms with van der Waals surface area (Å²) in [6, 6.07) is 5.68. The Balaban J connectivity index is 2.78. The Morgan fingerprint density at radius 2 is 2.21 bits per heavy atom. The van der Waals surface area contributed by atoms with Crippen molar-refractivity contribution < 1.29 is 4.79 Å². The van der Waals surface area contributed by atoms with Crippen LogP contribution in [0.25, 0.3) is 0 Å². The fraction of sp³-hybridized carbons (Fsp3) is 0.455. The number of aromatic nitrogens is 1. The summed E-state index contributed by atoms with van der Waals surface area (Å²) >= 11 is 0. The van der Waals surface area contributed by atoms with E-state index in [2.05, 4.69) is 24.1 Å². The van der Waals surface area contributed by atoms with E-state index in [0.29, 0.717) is 18.2 Å². The molecule has 0 aliphatic heterocycles. The third-order valence-electron chi connectivity index (χ3n) is 1.95. The number of nitrogens with one attached hydrogen (secondary N) is 1. The molecule has 1 aromatic rings. The maximum Gasteiger partial charge on any atom is 0.225 e. The van der Waals surface area contributed by atoms with Gasteiger partial charge in [0.25, 0.3) is 0 Å². The van der Waals surface area contributed by atoms with Crippen LogP contribution >= 0.6 is 0 Å². The van der Waals surface area contributed by atoms with E-state index in [0.717, 1.165) is 5.69 Å². The minimum absolute atomic E-state index is 0.00148. The zero-order valence-electron chi connectivity index (χ0n) is 8.87. The van der Waals surface area contributed by atoms with Gasteiger partial charge in [-0.2, -0.15) is 0 Å². The highest BCUT2D eigenvalue weighted by molar-refractivity contribution is 5.89. The number of amides is 1. The summed E-state index contributed by atoms with van der Waals surface area (Å²) < 4.78 is 0. The summed E-state index contributed by atoms with van der Waals surface area (Å²) in [4.78, 5) is 15.4. The SMILES string of the molecule is CCC(=O)Nc1cccc(C(C)C)n1. The largest absolute Gasteiger partial charge is 0.311 e. The molecule has 1 N–H and O–H groups in total. The molecular formula is C11H16N2O. The van der Waals surface area contributed by atoms with Crippen molar-refractivity contribution in [1.82, 2.24) is 4.98 Å². The van der Waals surface area contributed by atoms with Crippen molar-refractivity contribution in [2.24, 2.45) is 0 Å². The van der Waals surface area contributed by atoms with Crippen LogP contribution in [0.5, 0.6) is 0 Å². The van der Waals surface area contributed by atoms with Crippen molar-refractivity contribution in [3.8, 4) is 0 Å². The fourth-order valence-electron chi connectivity index (χ4n) is 1.07. The third kappa shape index (κ3) is 2.83. The monoisotopic (exact) mass is 192 g/mol. The lowest BCUT2D eigenvalue weighted by Gasteiger charge is -2.07. The summed E-state index contributed by atoms with van der Waals surface area (Å²) in [6.07, 6.45) is 0.480. The first-order valence-electron chi connectivity index (χ1n) is 4.90. The van der Waals surface area contributed by atoms with Gasteiger partial charge < -0.3 is 5.32 Å². The number of pyridine rings is 1. The van der Waals surface area contributed by atoms with Crippen molar-refractivity contribution >= 4 is 11.7 Å². The van der Waals surface area contributed by atoms with Crippen molar-refractivity contribution in [2.75, 3.05) is 5.32 Å². The molecule has 0 fully saturated rings. The Morgan fingerprint density at radius 3 is 2.79 bits per heavy atom. The van der Waals surface area contributed by atoms with Gasteiger partial charge in [0.05, 0.1) is 0 Å². The molecule has 0 aliphatic carbocycles. The second-order valence-corrected chi connectivity index (χ2v) is 3.50. The number of nitrogens with zero attached hydrogens (tertiary/aromatic N) is 1. The summed E-state index contributed by atoms with van der Waals surface area (Å²) in [5.74, 6) is 1.02. The van der Waals surface area contributed by atoms with Crippen LogP contribution in [-0.4, -0.2) is 10.9 Å². The van der Waals surface area contributed by atoms with Gasteiger partial charge in [0.2, 0.25) is 5.91 Å². The zero-order valence-corrected chi connectivity index (χ0v) is 8.87. The lowest BCUT2D eigenvalue weighted by molar-refractivity contribution is -0.115. The molecule has 1 aromatic heterocycles. The summed E-state index contributed by atoms with van der Waals surface area (Å²) in [6.45, 7) is 5.98. The first kappa shape index (κ1) is 10.7. The van der Waals surface area contributed by atoms with E-state index < -0.39 is 0 Å². The van der Waals surface area contributed by atoms with Crippen molar-refractivity contribution in [3.05, 3.63) is 23.9 Å². The van der Waals surface area contributed by atoms with Gasteiger partial charge in [-0.15, -0.1) is 0 Å². The Kier molecular flexibility index (Phi) is 3.63. The van der Waals surface area contributed by atoms with Gasteiger partial charge in [0.1, 0.15) is 5.82 Å². The topological polar surface area (TPSA) is 42.0 Å². The Hall–Kier alpha value is -1.38. The van der Waals surface area contributed by atoms with Gasteiger partial charge >= 0.3 is 0 Å². The molecule has 14 heavy (non-hydrogen) atoms. The van der Waals surface area contributed by atoms with Gasteiger partial charge in [0, 0.05) is 12.1 Å². The molecule has 0 atom stereocenters. The smallest absolute Gasteiger partial charge is 0.225 e. The van der Waals surface area contributed by atoms with E-state index in [1.807, 2.05) is 19.1 Å². The maximum absolute atomic E-state index is 11.1. The van der Waals surface area contributed by atoms with Gasteiger partial charge in [0.15, 0.2) is 0 Å². The molecule has 0 bridgehead atoms. The van der Waals surface area contributed by atoms with Crippen LogP contribution in [-0.2, 0) is 4.79 Å². The number of carbonyl (C=O) groups is 1. The number of rotatable bonds is 3. The van der Waals surface area contributed by atoms with Gasteiger partial charge in [-0.3, -0.25) is 4.79 Å². The molecule has 0 radical (unpaired) electrons. The predicted molar refractivity (Wildman–Crippen MR) is 57.2 cm³/mol. The molecule has 0 spiro atoms. The number of hydrogen-bond donors (Lipinski definition) is 1. The quantitative estimate of drug-likeness (QED) is 0.799. The van der Waals surface area contributed by atoms with E-state index in [1.165, 1.54) is 0 Å². The second-order valence-electron chi connectivity index (χ2n) is 3.50. The molecule has 76 valence electrons. The summed E-state index contributed by atoms with van der Waals surface area (Å²) in [5, 5.41) is 2.74. The van der Waals surface area contributed by atoms with Crippen molar-refractivity contribution in [3.63, 3.8) is 0 Å². The maximum atomic E-state index is 11.1. The lowest BCUT2D eigenvalue weighted by atomic mass is 10.1. The van der Waals surface area contributed by atoms with E-state index >= 15 is 0 Å². The van der Waals surface area contributed by atoms with Crippen LogP contribution in [0.15, 0.2) is 18.2 Å². The fourth-order valence-corrected chi connectivity index (χ4v) is 1.07. The molecule has 0 aliphatic rings. The predicted octanol–water partition coefficient (Wildman–Crippen LogP) is 2.55. The van der Waals surface area contributed by atoms with Crippen LogP contribution in [0.4, 0.5) is 5.82 Å². The lowest BCUT2D eigenvalue weighted by Crippen LogP contribution is -2.11. The van der Waals surface area contributed by atoms with E-state index in [4.69, 9.17) is 0 Å². The van der Waals surface area contributed by atoms with Crippen LogP contribution in [0.3, 0.4) is 0 Å². The highest BCUT2D eigenvalue weighted by Gasteiger charge is 2.03. The molecule has 3 nitrogen and oxygen atoms in total. The minimum Gasteiger partial charge on any atom is -0.311 e. The van der Waals surface area contributed by atoms with E-state index in [1.54, 1.807) is 6.07 Å². The van der Waals surface area contributed by atoms with Gasteiger partial charge in [-0.25, -0.2) is 4.98 Å². The highest BCUT2D eigenvalue weighted by Crippen LogP contribution is 2.13. The second kappa shape index (κ2) is 4.74. The van der Waals surface area contributed by atoms with Gasteiger partial charge in [-0.05, 0) is 18.1 Å². The molecule has 0 unspecified atom stereocenters. The number of carbonyl (C=O) groups excluding carboxylic acids is 1. The molecule has 0 aromatic carbocycles.